The van der Waals surface area contributed by atoms with E-state index in [2.05, 4.69) is 25.7 Å². The van der Waals surface area contributed by atoms with Crippen molar-refractivity contribution >= 4 is 0 Å². The Morgan fingerprint density at radius 1 is 0.750 bits per heavy atom. The van der Waals surface area contributed by atoms with Gasteiger partial charge in [-0.05, 0) is 25.7 Å². The Morgan fingerprint density at radius 3 is 1.44 bits per heavy atom. The van der Waals surface area contributed by atoms with Gasteiger partial charge in [0, 0.05) is 0 Å². The molecule has 0 fully saturated rings. The smallest absolute Gasteiger partial charge is 0.114 e. The van der Waals surface area contributed by atoms with Crippen molar-refractivity contribution in [2.45, 2.75) is 77.4 Å². The maximum Gasteiger partial charge on any atom is 0.114 e. The van der Waals surface area contributed by atoms with Gasteiger partial charge in [0.2, 0.25) is 0 Å². The van der Waals surface area contributed by atoms with E-state index in [0.29, 0.717) is 0 Å². The van der Waals surface area contributed by atoms with Crippen molar-refractivity contribution in [2.75, 3.05) is 0 Å². The fourth-order valence-corrected chi connectivity index (χ4v) is 1.51. The summed E-state index contributed by atoms with van der Waals surface area (Å²) in [6, 6.07) is 0. The molecule has 0 rings (SSSR count). The second kappa shape index (κ2) is 11.0. The molecule has 0 aliphatic carbocycles. The van der Waals surface area contributed by atoms with Gasteiger partial charge < -0.3 is 10.2 Å². The lowest BCUT2D eigenvalue weighted by Gasteiger charge is -2.04. The Labute approximate surface area is 100 Å². The van der Waals surface area contributed by atoms with Crippen LogP contribution in [0.4, 0.5) is 0 Å². The molecule has 2 nitrogen and oxygen atoms in total. The summed E-state index contributed by atoms with van der Waals surface area (Å²) >= 11 is 0. The second-order valence-corrected chi connectivity index (χ2v) is 4.31. The van der Waals surface area contributed by atoms with Crippen LogP contribution in [0.2, 0.25) is 0 Å². The van der Waals surface area contributed by atoms with Crippen LogP contribution in [0.15, 0.2) is 0 Å². The van der Waals surface area contributed by atoms with Crippen LogP contribution in [0.3, 0.4) is 0 Å². The Morgan fingerprint density at radius 2 is 1.12 bits per heavy atom. The molecule has 0 radical (unpaired) electrons. The minimum absolute atomic E-state index is 0.563. The molecule has 0 bridgehead atoms. The zero-order valence-electron chi connectivity index (χ0n) is 10.7. The van der Waals surface area contributed by atoms with Crippen molar-refractivity contribution in [3.63, 3.8) is 0 Å². The molecule has 0 saturated carbocycles. The summed E-state index contributed by atoms with van der Waals surface area (Å²) in [6.07, 6.45) is 6.93. The summed E-state index contributed by atoms with van der Waals surface area (Å²) < 4.78 is 0. The predicted octanol–water partition coefficient (Wildman–Crippen LogP) is 2.87. The van der Waals surface area contributed by atoms with Crippen molar-refractivity contribution in [1.29, 1.82) is 0 Å². The molecule has 0 heterocycles. The molecule has 2 heteroatoms. The van der Waals surface area contributed by atoms with Crippen LogP contribution in [0.25, 0.3) is 0 Å². The first kappa shape index (κ1) is 15.5. The van der Waals surface area contributed by atoms with Gasteiger partial charge in [0.1, 0.15) is 12.2 Å². The summed E-state index contributed by atoms with van der Waals surface area (Å²) in [7, 11) is 0. The molecule has 0 aromatic rings. The van der Waals surface area contributed by atoms with E-state index in [0.717, 1.165) is 51.4 Å². The number of hydrogen-bond donors (Lipinski definition) is 2. The third kappa shape index (κ3) is 10.0. The lowest BCUT2D eigenvalue weighted by Crippen LogP contribution is -2.07. The van der Waals surface area contributed by atoms with Crippen LogP contribution >= 0.6 is 0 Å². The largest absolute Gasteiger partial charge is 0.380 e. The zero-order valence-corrected chi connectivity index (χ0v) is 10.7. The summed E-state index contributed by atoms with van der Waals surface area (Å²) in [5, 5.41) is 19.0. The molecule has 0 aliphatic heterocycles. The quantitative estimate of drug-likeness (QED) is 0.493. The number of rotatable bonds is 8. The molecule has 0 spiro atoms. The molecule has 94 valence electrons. The summed E-state index contributed by atoms with van der Waals surface area (Å²) in [5.41, 5.74) is 0. The highest BCUT2D eigenvalue weighted by atomic mass is 16.3. The summed E-state index contributed by atoms with van der Waals surface area (Å²) in [5.74, 6) is 5.45. The van der Waals surface area contributed by atoms with E-state index in [1.54, 1.807) is 0 Å². The molecule has 0 saturated heterocycles. The van der Waals surface area contributed by atoms with Crippen LogP contribution in [0.1, 0.15) is 65.2 Å². The van der Waals surface area contributed by atoms with Crippen molar-refractivity contribution in [3.8, 4) is 11.8 Å². The number of aliphatic hydroxyl groups excluding tert-OH is 2. The van der Waals surface area contributed by atoms with Crippen LogP contribution in [0.5, 0.6) is 0 Å². The minimum atomic E-state index is -0.563. The van der Waals surface area contributed by atoms with Gasteiger partial charge in [-0.2, -0.15) is 0 Å². The maximum atomic E-state index is 9.51. The Hall–Kier alpha value is -0.520. The van der Waals surface area contributed by atoms with E-state index >= 15 is 0 Å². The highest BCUT2D eigenvalue weighted by Gasteiger charge is 2.01. The van der Waals surface area contributed by atoms with Crippen LogP contribution in [0, 0.1) is 11.8 Å². The van der Waals surface area contributed by atoms with E-state index in [4.69, 9.17) is 0 Å². The number of unbranched alkanes of at least 4 members (excludes halogenated alkanes) is 4. The average molecular weight is 226 g/mol. The van der Waals surface area contributed by atoms with E-state index in [1.165, 1.54) is 0 Å². The standard InChI is InChI=1S/C14H26O2/c1-3-5-7-9-13(15)11-12-14(16)10-8-6-4-2/h13-16H,3-10H2,1-2H3. The van der Waals surface area contributed by atoms with Crippen molar-refractivity contribution in [1.82, 2.24) is 0 Å². The summed E-state index contributed by atoms with van der Waals surface area (Å²) in [6.45, 7) is 4.27. The number of hydrogen-bond acceptors (Lipinski definition) is 2. The highest BCUT2D eigenvalue weighted by Crippen LogP contribution is 2.04. The van der Waals surface area contributed by atoms with Crippen LogP contribution in [-0.2, 0) is 0 Å². The zero-order chi connectivity index (χ0) is 12.2. The van der Waals surface area contributed by atoms with Gasteiger partial charge in [0.05, 0.1) is 0 Å². The monoisotopic (exact) mass is 226 g/mol. The lowest BCUT2D eigenvalue weighted by atomic mass is 10.1. The molecule has 2 atom stereocenters. The first-order valence-electron chi connectivity index (χ1n) is 6.57. The van der Waals surface area contributed by atoms with E-state index in [-0.39, 0.29) is 0 Å². The highest BCUT2D eigenvalue weighted by molar-refractivity contribution is 5.08. The van der Waals surface area contributed by atoms with Crippen LogP contribution in [-0.4, -0.2) is 22.4 Å². The predicted molar refractivity (Wildman–Crippen MR) is 68.1 cm³/mol. The van der Waals surface area contributed by atoms with Crippen molar-refractivity contribution in [3.05, 3.63) is 0 Å². The molecule has 16 heavy (non-hydrogen) atoms. The fraction of sp³-hybridized carbons (Fsp3) is 0.857. The third-order valence-electron chi connectivity index (χ3n) is 2.58. The van der Waals surface area contributed by atoms with Gasteiger partial charge in [-0.3, -0.25) is 0 Å². The molecule has 0 aromatic heterocycles. The minimum Gasteiger partial charge on any atom is -0.380 e. The van der Waals surface area contributed by atoms with Gasteiger partial charge in [-0.1, -0.05) is 51.4 Å². The van der Waals surface area contributed by atoms with Gasteiger partial charge >= 0.3 is 0 Å². The third-order valence-corrected chi connectivity index (χ3v) is 2.58. The second-order valence-electron chi connectivity index (χ2n) is 4.31. The molecular weight excluding hydrogens is 200 g/mol. The molecule has 0 aromatic carbocycles. The topological polar surface area (TPSA) is 40.5 Å². The normalized spacial score (nSPS) is 14.0. The SMILES string of the molecule is CCCCCC(O)C#CC(O)CCCCC. The maximum absolute atomic E-state index is 9.51. The first-order chi connectivity index (χ1) is 7.70. The van der Waals surface area contributed by atoms with Gasteiger partial charge in [0.15, 0.2) is 0 Å². The first-order valence-corrected chi connectivity index (χ1v) is 6.57. The van der Waals surface area contributed by atoms with Gasteiger partial charge in [0.25, 0.3) is 0 Å². The van der Waals surface area contributed by atoms with E-state index < -0.39 is 12.2 Å². The average Bonchev–Trinajstić information content (AvgIpc) is 2.27. The summed E-state index contributed by atoms with van der Waals surface area (Å²) in [4.78, 5) is 0. The molecule has 0 aliphatic rings. The molecular formula is C14H26O2. The Kier molecular flexibility index (Phi) is 10.6. The van der Waals surface area contributed by atoms with Crippen LogP contribution < -0.4 is 0 Å². The van der Waals surface area contributed by atoms with E-state index in [9.17, 15) is 10.2 Å². The van der Waals surface area contributed by atoms with Crippen molar-refractivity contribution in [2.24, 2.45) is 0 Å². The fourth-order valence-electron chi connectivity index (χ4n) is 1.51. The molecule has 0 amide bonds. The van der Waals surface area contributed by atoms with Gasteiger partial charge in [-0.15, -0.1) is 0 Å². The van der Waals surface area contributed by atoms with E-state index in [1.807, 2.05) is 0 Å². The molecule has 2 unspecified atom stereocenters. The lowest BCUT2D eigenvalue weighted by molar-refractivity contribution is 0.207. The van der Waals surface area contributed by atoms with Gasteiger partial charge in [-0.25, -0.2) is 0 Å². The Balaban J connectivity index is 3.62. The molecule has 2 N–H and O–H groups in total. The van der Waals surface area contributed by atoms with Crippen molar-refractivity contribution < 1.29 is 10.2 Å². The Bertz CT molecular complexity index is 183. The number of aliphatic hydroxyl groups is 2.